The van der Waals surface area contributed by atoms with Crippen LogP contribution in [-0.4, -0.2) is 41.3 Å². The molecule has 1 fully saturated rings. The maximum Gasteiger partial charge on any atom is 0.326 e. The van der Waals surface area contributed by atoms with E-state index in [1.807, 2.05) is 48.5 Å². The maximum atomic E-state index is 13.3. The van der Waals surface area contributed by atoms with Crippen molar-refractivity contribution in [3.8, 4) is 0 Å². The first-order valence-corrected chi connectivity index (χ1v) is 11.4. The largest absolute Gasteiger partial charge is 0.395 e. The van der Waals surface area contributed by atoms with Crippen LogP contribution in [0.1, 0.15) is 17.0 Å². The molecule has 2 amide bonds. The highest BCUT2D eigenvalue weighted by Crippen LogP contribution is 2.49. The predicted molar refractivity (Wildman–Crippen MR) is 129 cm³/mol. The summed E-state index contributed by atoms with van der Waals surface area (Å²) >= 11 is 12.5. The number of benzene rings is 3. The van der Waals surface area contributed by atoms with E-state index in [1.165, 1.54) is 0 Å². The Kier molecular flexibility index (Phi) is 5.82. The minimum atomic E-state index is -0.205. The normalized spacial score (nSPS) is 22.0. The summed E-state index contributed by atoms with van der Waals surface area (Å²) in [5.41, 5.74) is 3.63. The third-order valence-corrected chi connectivity index (χ3v) is 7.06. The number of fused-ring (bicyclic) bond motifs is 3. The van der Waals surface area contributed by atoms with Gasteiger partial charge >= 0.3 is 6.03 Å². The number of amides is 2. The second-order valence-corrected chi connectivity index (χ2v) is 9.06. The fourth-order valence-electron chi connectivity index (χ4n) is 4.97. The molecule has 1 saturated heterocycles. The van der Waals surface area contributed by atoms with Crippen molar-refractivity contribution in [1.29, 1.82) is 0 Å². The Balaban J connectivity index is 1.44. The van der Waals surface area contributed by atoms with E-state index >= 15 is 0 Å². The average molecular weight is 468 g/mol. The van der Waals surface area contributed by atoms with Crippen LogP contribution in [0.4, 0.5) is 16.2 Å². The van der Waals surface area contributed by atoms with E-state index in [2.05, 4.69) is 16.3 Å². The molecular weight excluding hydrogens is 445 g/mol. The van der Waals surface area contributed by atoms with Gasteiger partial charge in [-0.15, -0.1) is 0 Å². The third-order valence-electron chi connectivity index (χ3n) is 6.46. The molecular formula is C25H23Cl2N3O2. The number of para-hydroxylation sites is 1. The Morgan fingerprint density at radius 1 is 1.03 bits per heavy atom. The smallest absolute Gasteiger partial charge is 0.326 e. The van der Waals surface area contributed by atoms with E-state index in [9.17, 15) is 9.90 Å². The van der Waals surface area contributed by atoms with E-state index < -0.39 is 0 Å². The fraction of sp³-hybridized carbons (Fsp3) is 0.240. The summed E-state index contributed by atoms with van der Waals surface area (Å²) < 4.78 is 0. The molecule has 3 aromatic carbocycles. The lowest BCUT2D eigenvalue weighted by Gasteiger charge is -2.59. The number of aliphatic hydroxyl groups excluding tert-OH is 1. The van der Waals surface area contributed by atoms with Crippen LogP contribution in [0.15, 0.2) is 72.8 Å². The molecule has 2 aliphatic heterocycles. The number of rotatable bonds is 4. The van der Waals surface area contributed by atoms with Gasteiger partial charge in [0.15, 0.2) is 0 Å². The summed E-state index contributed by atoms with van der Waals surface area (Å²) in [4.78, 5) is 17.3. The van der Waals surface area contributed by atoms with Gasteiger partial charge in [-0.25, -0.2) is 4.79 Å². The number of nitrogens with zero attached hydrogens (tertiary/aromatic N) is 2. The minimum Gasteiger partial charge on any atom is -0.395 e. The van der Waals surface area contributed by atoms with Crippen LogP contribution in [0.25, 0.3) is 0 Å². The number of halogens is 2. The van der Waals surface area contributed by atoms with Crippen molar-refractivity contribution in [2.24, 2.45) is 0 Å². The molecule has 0 aliphatic carbocycles. The Hall–Kier alpha value is -2.57. The van der Waals surface area contributed by atoms with Gasteiger partial charge < -0.3 is 10.4 Å². The lowest BCUT2D eigenvalue weighted by Crippen LogP contribution is -2.69. The van der Waals surface area contributed by atoms with Gasteiger partial charge in [0.05, 0.1) is 6.61 Å². The second-order valence-electron chi connectivity index (χ2n) is 8.22. The van der Waals surface area contributed by atoms with Gasteiger partial charge in [-0.1, -0.05) is 65.7 Å². The lowest BCUT2D eigenvalue weighted by molar-refractivity contribution is -0.0484. The first-order valence-electron chi connectivity index (χ1n) is 10.6. The van der Waals surface area contributed by atoms with Crippen molar-refractivity contribution in [2.75, 3.05) is 23.4 Å². The Morgan fingerprint density at radius 2 is 1.81 bits per heavy atom. The molecule has 2 aliphatic rings. The molecule has 2 heterocycles. The summed E-state index contributed by atoms with van der Waals surface area (Å²) in [5.74, 6) is 0.161. The van der Waals surface area contributed by atoms with Crippen molar-refractivity contribution in [2.45, 2.75) is 24.5 Å². The predicted octanol–water partition coefficient (Wildman–Crippen LogP) is 5.37. The molecule has 0 saturated carbocycles. The number of hydrogen-bond donors (Lipinski definition) is 2. The van der Waals surface area contributed by atoms with Gasteiger partial charge in [-0.3, -0.25) is 9.80 Å². The lowest BCUT2D eigenvalue weighted by atomic mass is 9.72. The molecule has 0 radical (unpaired) electrons. The van der Waals surface area contributed by atoms with E-state index in [0.29, 0.717) is 28.8 Å². The summed E-state index contributed by atoms with van der Waals surface area (Å²) in [6.45, 7) is 1.20. The zero-order valence-corrected chi connectivity index (χ0v) is 18.8. The first kappa shape index (κ1) is 21.3. The van der Waals surface area contributed by atoms with Crippen molar-refractivity contribution < 1.29 is 9.90 Å². The van der Waals surface area contributed by atoms with Gasteiger partial charge in [-0.2, -0.15) is 0 Å². The van der Waals surface area contributed by atoms with E-state index in [4.69, 9.17) is 23.2 Å². The maximum absolute atomic E-state index is 13.3. The van der Waals surface area contributed by atoms with E-state index in [-0.39, 0.29) is 30.6 Å². The molecule has 3 aromatic rings. The third kappa shape index (κ3) is 3.76. The SMILES string of the molecule is O=C(Nc1cccc(Cl)c1)N1C[C@H]2[C@@H](c3ccccc31)[C@@H](CO)N2Cc1ccccc1Cl. The Morgan fingerprint density at radius 3 is 2.59 bits per heavy atom. The van der Waals surface area contributed by atoms with Crippen LogP contribution in [0.2, 0.25) is 10.0 Å². The number of hydrogen-bond acceptors (Lipinski definition) is 3. The molecule has 0 spiro atoms. The highest BCUT2D eigenvalue weighted by molar-refractivity contribution is 6.31. The van der Waals surface area contributed by atoms with E-state index in [0.717, 1.165) is 16.8 Å². The highest BCUT2D eigenvalue weighted by atomic mass is 35.5. The van der Waals surface area contributed by atoms with Crippen molar-refractivity contribution in [1.82, 2.24) is 4.90 Å². The molecule has 5 nitrogen and oxygen atoms in total. The number of urea groups is 1. The van der Waals surface area contributed by atoms with Gasteiger partial charge in [0.1, 0.15) is 0 Å². The fourth-order valence-corrected chi connectivity index (χ4v) is 5.36. The van der Waals surface area contributed by atoms with Crippen LogP contribution in [0, 0.1) is 0 Å². The van der Waals surface area contributed by atoms with Crippen LogP contribution in [0.5, 0.6) is 0 Å². The number of anilines is 2. The van der Waals surface area contributed by atoms with Crippen LogP contribution < -0.4 is 10.2 Å². The van der Waals surface area contributed by atoms with Gasteiger partial charge in [0.25, 0.3) is 0 Å². The zero-order valence-electron chi connectivity index (χ0n) is 17.3. The Labute approximate surface area is 197 Å². The molecule has 3 atom stereocenters. The summed E-state index contributed by atoms with van der Waals surface area (Å²) in [5, 5.41) is 14.4. The minimum absolute atomic E-state index is 0.0180. The van der Waals surface area contributed by atoms with Crippen LogP contribution >= 0.6 is 23.2 Å². The van der Waals surface area contributed by atoms with Crippen molar-refractivity contribution in [3.05, 3.63) is 94.0 Å². The molecule has 0 aromatic heterocycles. The molecule has 32 heavy (non-hydrogen) atoms. The van der Waals surface area contributed by atoms with Gasteiger partial charge in [0.2, 0.25) is 0 Å². The molecule has 5 rings (SSSR count). The Bertz CT molecular complexity index is 1160. The summed E-state index contributed by atoms with van der Waals surface area (Å²) in [6.07, 6.45) is 0. The molecule has 7 heteroatoms. The number of nitrogens with one attached hydrogen (secondary N) is 1. The topological polar surface area (TPSA) is 55.8 Å². The van der Waals surface area contributed by atoms with Gasteiger partial charge in [-0.05, 0) is 41.5 Å². The first-order chi connectivity index (χ1) is 15.6. The van der Waals surface area contributed by atoms with Crippen LogP contribution in [0.3, 0.4) is 0 Å². The van der Waals surface area contributed by atoms with Gasteiger partial charge in [0, 0.05) is 52.5 Å². The highest BCUT2D eigenvalue weighted by Gasteiger charge is 2.53. The second kappa shape index (κ2) is 8.75. The number of carbonyl (C=O) groups excluding carboxylic acids is 1. The average Bonchev–Trinajstić information content (AvgIpc) is 2.78. The standard InChI is InChI=1S/C25H23Cl2N3O2/c26-17-7-5-8-18(12-17)28-25(32)30-14-22-24(19-9-2-4-11-21(19)30)23(15-31)29(22)13-16-6-1-3-10-20(16)27/h1-12,22-24,31H,13-15H2,(H,28,32)/t22-,23+,24+/m0/s1. The van der Waals surface area contributed by atoms with Crippen molar-refractivity contribution in [3.63, 3.8) is 0 Å². The molecule has 0 unspecified atom stereocenters. The molecule has 164 valence electrons. The quantitative estimate of drug-likeness (QED) is 0.541. The monoisotopic (exact) mass is 467 g/mol. The van der Waals surface area contributed by atoms with Crippen LogP contribution in [-0.2, 0) is 6.54 Å². The summed E-state index contributed by atoms with van der Waals surface area (Å²) in [7, 11) is 0. The number of likely N-dealkylation sites (tertiary alicyclic amines) is 1. The van der Waals surface area contributed by atoms with Crippen molar-refractivity contribution >= 4 is 40.6 Å². The zero-order chi connectivity index (χ0) is 22.2. The molecule has 2 N–H and O–H groups in total. The molecule has 0 bridgehead atoms. The van der Waals surface area contributed by atoms with E-state index in [1.54, 1.807) is 23.1 Å². The summed E-state index contributed by atoms with van der Waals surface area (Å²) in [6, 6.07) is 22.7. The number of carbonyl (C=O) groups is 1. The number of aliphatic hydroxyl groups is 1.